The largest absolute Gasteiger partial charge is 0.487 e. The van der Waals surface area contributed by atoms with E-state index < -0.39 is 4.92 Å². The Hall–Kier alpha value is -3.22. The predicted octanol–water partition coefficient (Wildman–Crippen LogP) is 3.60. The molecule has 25 heavy (non-hydrogen) atoms. The van der Waals surface area contributed by atoms with Gasteiger partial charge in [-0.2, -0.15) is 0 Å². The lowest BCUT2D eigenvalue weighted by atomic mass is 10.1. The number of benzene rings is 2. The number of Topliss-reactive ketones (excluding diaryl/α,β-unsaturated/α-hetero) is 1. The van der Waals surface area contributed by atoms with Crippen LogP contribution in [0.1, 0.15) is 30.1 Å². The zero-order chi connectivity index (χ0) is 18.2. The lowest BCUT2D eigenvalue weighted by molar-refractivity contribution is -0.385. The number of carbonyl (C=O) groups is 2. The van der Waals surface area contributed by atoms with Gasteiger partial charge in [-0.1, -0.05) is 24.3 Å². The van der Waals surface area contributed by atoms with Crippen LogP contribution in [0.4, 0.5) is 11.4 Å². The Balaban J connectivity index is 1.80. The second-order valence-electron chi connectivity index (χ2n) is 5.36. The summed E-state index contributed by atoms with van der Waals surface area (Å²) in [4.78, 5) is 33.6. The van der Waals surface area contributed by atoms with E-state index in [0.29, 0.717) is 17.7 Å². The summed E-state index contributed by atoms with van der Waals surface area (Å²) in [6, 6.07) is 12.8. The highest BCUT2D eigenvalue weighted by Crippen LogP contribution is 2.25. The number of hydrogen-bond acceptors (Lipinski definition) is 5. The molecule has 0 aliphatic carbocycles. The molecule has 0 saturated heterocycles. The van der Waals surface area contributed by atoms with Crippen LogP contribution in [0, 0.1) is 10.1 Å². The number of para-hydroxylation sites is 2. The van der Waals surface area contributed by atoms with Gasteiger partial charge in [-0.3, -0.25) is 19.7 Å². The quantitative estimate of drug-likeness (QED) is 0.342. The van der Waals surface area contributed by atoms with Gasteiger partial charge in [0.25, 0.3) is 0 Å². The van der Waals surface area contributed by atoms with Gasteiger partial charge in [0.15, 0.2) is 11.5 Å². The highest BCUT2D eigenvalue weighted by Gasteiger charge is 2.13. The molecule has 2 rings (SSSR count). The van der Waals surface area contributed by atoms with E-state index in [1.165, 1.54) is 19.1 Å². The van der Waals surface area contributed by atoms with E-state index in [2.05, 4.69) is 5.32 Å². The van der Waals surface area contributed by atoms with Gasteiger partial charge in [0.1, 0.15) is 0 Å². The van der Waals surface area contributed by atoms with Gasteiger partial charge < -0.3 is 10.1 Å². The van der Waals surface area contributed by atoms with Crippen LogP contribution in [0.2, 0.25) is 0 Å². The fourth-order valence-electron chi connectivity index (χ4n) is 2.18. The molecule has 0 aliphatic heterocycles. The zero-order valence-corrected chi connectivity index (χ0v) is 13.7. The molecule has 0 heterocycles. The van der Waals surface area contributed by atoms with Crippen LogP contribution >= 0.6 is 0 Å². The van der Waals surface area contributed by atoms with Crippen molar-refractivity contribution in [3.63, 3.8) is 0 Å². The Morgan fingerprint density at radius 1 is 1.16 bits per heavy atom. The zero-order valence-electron chi connectivity index (χ0n) is 13.7. The summed E-state index contributed by atoms with van der Waals surface area (Å²) in [5.41, 5.74) is 0.975. The monoisotopic (exact) mass is 342 g/mol. The number of nitrogens with one attached hydrogen (secondary N) is 1. The fourth-order valence-corrected chi connectivity index (χ4v) is 2.18. The molecule has 0 atom stereocenters. The van der Waals surface area contributed by atoms with Crippen molar-refractivity contribution in [2.24, 2.45) is 0 Å². The Morgan fingerprint density at radius 2 is 1.92 bits per heavy atom. The first-order valence-electron chi connectivity index (χ1n) is 7.74. The van der Waals surface area contributed by atoms with Crippen LogP contribution in [0.25, 0.3) is 0 Å². The number of nitro groups is 1. The Kier molecular flexibility index (Phi) is 6.22. The summed E-state index contributed by atoms with van der Waals surface area (Å²) in [5, 5.41) is 13.6. The van der Waals surface area contributed by atoms with Crippen LogP contribution in [-0.2, 0) is 4.79 Å². The summed E-state index contributed by atoms with van der Waals surface area (Å²) in [5.74, 6) is -0.108. The second kappa shape index (κ2) is 8.58. The maximum Gasteiger partial charge on any atom is 0.310 e. The molecule has 2 aromatic rings. The fraction of sp³-hybridized carbons (Fsp3) is 0.222. The van der Waals surface area contributed by atoms with Crippen molar-refractivity contribution < 1.29 is 19.2 Å². The maximum atomic E-state index is 11.9. The van der Waals surface area contributed by atoms with Crippen molar-refractivity contribution in [2.45, 2.75) is 19.8 Å². The van der Waals surface area contributed by atoms with E-state index in [1.54, 1.807) is 36.4 Å². The van der Waals surface area contributed by atoms with Crippen LogP contribution in [0.5, 0.6) is 5.75 Å². The lowest BCUT2D eigenvalue weighted by Gasteiger charge is -2.08. The van der Waals surface area contributed by atoms with Crippen LogP contribution in [0.3, 0.4) is 0 Å². The first-order valence-corrected chi connectivity index (χ1v) is 7.74. The molecule has 7 heteroatoms. The second-order valence-corrected chi connectivity index (χ2v) is 5.36. The van der Waals surface area contributed by atoms with Gasteiger partial charge in [0, 0.05) is 23.7 Å². The average Bonchev–Trinajstić information content (AvgIpc) is 2.59. The Morgan fingerprint density at radius 3 is 2.64 bits per heavy atom. The molecule has 0 saturated carbocycles. The summed E-state index contributed by atoms with van der Waals surface area (Å²) < 4.78 is 5.38. The third-order valence-electron chi connectivity index (χ3n) is 3.42. The molecule has 0 aromatic heterocycles. The summed E-state index contributed by atoms with van der Waals surface area (Å²) in [7, 11) is 0. The summed E-state index contributed by atoms with van der Waals surface area (Å²) in [6.07, 6.45) is 0.606. The van der Waals surface area contributed by atoms with Gasteiger partial charge in [0.05, 0.1) is 11.5 Å². The highest BCUT2D eigenvalue weighted by molar-refractivity contribution is 5.97. The summed E-state index contributed by atoms with van der Waals surface area (Å²) >= 11 is 0. The minimum absolute atomic E-state index is 0.0750. The van der Waals surface area contributed by atoms with E-state index in [-0.39, 0.29) is 36.2 Å². The number of carbonyl (C=O) groups excluding carboxylic acids is 2. The normalized spacial score (nSPS) is 10.1. The number of rotatable bonds is 8. The van der Waals surface area contributed by atoms with Crippen molar-refractivity contribution >= 4 is 23.1 Å². The third-order valence-corrected chi connectivity index (χ3v) is 3.42. The van der Waals surface area contributed by atoms with Crippen molar-refractivity contribution in [2.75, 3.05) is 11.9 Å². The average molecular weight is 342 g/mol. The van der Waals surface area contributed by atoms with E-state index in [0.717, 1.165) is 0 Å². The third kappa shape index (κ3) is 5.42. The maximum absolute atomic E-state index is 11.9. The van der Waals surface area contributed by atoms with Crippen molar-refractivity contribution in [3.05, 3.63) is 64.2 Å². The number of ketones is 1. The first kappa shape index (κ1) is 18.1. The van der Waals surface area contributed by atoms with Crippen molar-refractivity contribution in [3.8, 4) is 5.75 Å². The number of ether oxygens (including phenoxy) is 1. The number of anilines is 1. The van der Waals surface area contributed by atoms with E-state index >= 15 is 0 Å². The Bertz CT molecular complexity index is 789. The van der Waals surface area contributed by atoms with Crippen molar-refractivity contribution in [1.29, 1.82) is 0 Å². The molecule has 0 unspecified atom stereocenters. The number of hydrogen-bond donors (Lipinski definition) is 1. The molecule has 0 bridgehead atoms. The molecule has 2 aromatic carbocycles. The smallest absolute Gasteiger partial charge is 0.310 e. The number of amides is 1. The number of nitro benzene ring substituents is 1. The molecule has 0 spiro atoms. The summed E-state index contributed by atoms with van der Waals surface area (Å²) in [6.45, 7) is 1.65. The predicted molar refractivity (Wildman–Crippen MR) is 92.9 cm³/mol. The van der Waals surface area contributed by atoms with Gasteiger partial charge in [-0.05, 0) is 31.5 Å². The highest BCUT2D eigenvalue weighted by atomic mass is 16.6. The topological polar surface area (TPSA) is 98.5 Å². The minimum atomic E-state index is -0.510. The minimum Gasteiger partial charge on any atom is -0.487 e. The van der Waals surface area contributed by atoms with Gasteiger partial charge in [-0.25, -0.2) is 0 Å². The molecule has 1 amide bonds. The molecule has 130 valence electrons. The van der Waals surface area contributed by atoms with Crippen LogP contribution in [0.15, 0.2) is 48.5 Å². The molecular weight excluding hydrogens is 324 g/mol. The molecular formula is C18H18N2O5. The molecule has 0 aliphatic rings. The molecule has 7 nitrogen and oxygen atoms in total. The molecule has 0 radical (unpaired) electrons. The molecule has 0 fully saturated rings. The van der Waals surface area contributed by atoms with E-state index in [4.69, 9.17) is 4.74 Å². The van der Waals surface area contributed by atoms with Crippen LogP contribution < -0.4 is 10.1 Å². The SMILES string of the molecule is CC(=O)c1cccc(NC(=O)CCCOc2ccccc2[N+](=O)[O-])c1. The van der Waals surface area contributed by atoms with Gasteiger partial charge in [0.2, 0.25) is 5.91 Å². The van der Waals surface area contributed by atoms with Crippen molar-refractivity contribution in [1.82, 2.24) is 0 Å². The lowest BCUT2D eigenvalue weighted by Crippen LogP contribution is -2.13. The van der Waals surface area contributed by atoms with Gasteiger partial charge >= 0.3 is 5.69 Å². The molecule has 1 N–H and O–H groups in total. The standard InChI is InChI=1S/C18H18N2O5/c1-13(21)14-6-4-7-15(12-14)19-18(22)10-5-11-25-17-9-3-2-8-16(17)20(23)24/h2-4,6-9,12H,5,10-11H2,1H3,(H,19,22). The number of nitrogens with zero attached hydrogens (tertiary/aromatic N) is 1. The Labute approximate surface area is 144 Å². The van der Waals surface area contributed by atoms with E-state index in [1.807, 2.05) is 0 Å². The van der Waals surface area contributed by atoms with E-state index in [9.17, 15) is 19.7 Å². The first-order chi connectivity index (χ1) is 12.0. The van der Waals surface area contributed by atoms with Gasteiger partial charge in [-0.15, -0.1) is 0 Å². The van der Waals surface area contributed by atoms with Crippen LogP contribution in [-0.4, -0.2) is 23.2 Å².